The van der Waals surface area contributed by atoms with Gasteiger partial charge in [-0.2, -0.15) is 0 Å². The van der Waals surface area contributed by atoms with Crippen LogP contribution in [0.25, 0.3) is 0 Å². The minimum Gasteiger partial charge on any atom is -0.478 e. The fraction of sp³-hybridized carbons (Fsp3) is 0.158. The van der Waals surface area contributed by atoms with E-state index < -0.39 is 12.1 Å². The number of carbonyl (C=O) groups excluding carboxylic acids is 1. The Hall–Kier alpha value is -2.78. The van der Waals surface area contributed by atoms with Gasteiger partial charge >= 0.3 is 12.1 Å². The number of rotatable bonds is 5. The van der Waals surface area contributed by atoms with E-state index in [-0.39, 0.29) is 12.2 Å². The van der Waals surface area contributed by atoms with E-state index in [1.54, 1.807) is 12.1 Å². The van der Waals surface area contributed by atoms with Crippen LogP contribution in [0, 0.1) is 11.8 Å². The van der Waals surface area contributed by atoms with Crippen molar-refractivity contribution >= 4 is 28.0 Å². The van der Waals surface area contributed by atoms with Crippen LogP contribution in [0.4, 0.5) is 4.79 Å². The van der Waals surface area contributed by atoms with Gasteiger partial charge < -0.3 is 15.2 Å². The van der Waals surface area contributed by atoms with Gasteiger partial charge in [0.15, 0.2) is 0 Å². The Bertz CT molecular complexity index is 809. The molecule has 1 amide bonds. The van der Waals surface area contributed by atoms with Crippen LogP contribution in [-0.2, 0) is 11.3 Å². The van der Waals surface area contributed by atoms with Gasteiger partial charge in [0.25, 0.3) is 0 Å². The lowest BCUT2D eigenvalue weighted by atomic mass is 10.1. The minimum absolute atomic E-state index is 0.161. The summed E-state index contributed by atoms with van der Waals surface area (Å²) < 4.78 is 5.59. The highest BCUT2D eigenvalue weighted by Gasteiger charge is 2.07. The summed E-state index contributed by atoms with van der Waals surface area (Å²) in [7, 11) is 0. The SMILES string of the molecule is O=C(NCCC#Cc1ccc(Br)c(C(=O)O)c1)OCc1ccccc1. The zero-order chi connectivity index (χ0) is 18.1. The van der Waals surface area contributed by atoms with E-state index in [2.05, 4.69) is 33.1 Å². The Balaban J connectivity index is 1.74. The predicted molar refractivity (Wildman–Crippen MR) is 97.2 cm³/mol. The molecular weight excluding hydrogens is 386 g/mol. The summed E-state index contributed by atoms with van der Waals surface area (Å²) in [5, 5.41) is 11.7. The average molecular weight is 402 g/mol. The second kappa shape index (κ2) is 9.50. The number of aromatic carboxylic acids is 1. The van der Waals surface area contributed by atoms with Gasteiger partial charge in [0.05, 0.1) is 5.56 Å². The van der Waals surface area contributed by atoms with E-state index in [0.29, 0.717) is 23.0 Å². The van der Waals surface area contributed by atoms with Crippen LogP contribution in [0.5, 0.6) is 0 Å². The lowest BCUT2D eigenvalue weighted by Crippen LogP contribution is -2.24. The third-order valence-electron chi connectivity index (χ3n) is 3.16. The van der Waals surface area contributed by atoms with Crippen LogP contribution in [0.1, 0.15) is 27.9 Å². The molecule has 2 aromatic carbocycles. The van der Waals surface area contributed by atoms with Gasteiger partial charge in [-0.1, -0.05) is 42.2 Å². The van der Waals surface area contributed by atoms with Gasteiger partial charge in [-0.25, -0.2) is 9.59 Å². The molecule has 0 heterocycles. The number of amides is 1. The smallest absolute Gasteiger partial charge is 0.407 e. The largest absolute Gasteiger partial charge is 0.478 e. The highest BCUT2D eigenvalue weighted by Crippen LogP contribution is 2.17. The van der Waals surface area contributed by atoms with Gasteiger partial charge in [0, 0.05) is 23.0 Å². The molecule has 0 fully saturated rings. The van der Waals surface area contributed by atoms with Crippen molar-refractivity contribution in [3.63, 3.8) is 0 Å². The molecule has 0 spiro atoms. The summed E-state index contributed by atoms with van der Waals surface area (Å²) in [5.41, 5.74) is 1.68. The molecule has 128 valence electrons. The molecule has 0 saturated carbocycles. The molecule has 2 rings (SSSR count). The first-order chi connectivity index (χ1) is 12.1. The average Bonchev–Trinajstić information content (AvgIpc) is 2.61. The Morgan fingerprint density at radius 1 is 1.16 bits per heavy atom. The van der Waals surface area contributed by atoms with Crippen LogP contribution in [-0.4, -0.2) is 23.7 Å². The highest BCUT2D eigenvalue weighted by molar-refractivity contribution is 9.10. The van der Waals surface area contributed by atoms with Gasteiger partial charge in [-0.3, -0.25) is 0 Å². The van der Waals surface area contributed by atoms with E-state index in [1.807, 2.05) is 30.3 Å². The molecule has 0 aliphatic rings. The van der Waals surface area contributed by atoms with Crippen molar-refractivity contribution in [2.75, 3.05) is 6.54 Å². The number of carbonyl (C=O) groups is 2. The normalized spacial score (nSPS) is 9.64. The fourth-order valence-electron chi connectivity index (χ4n) is 1.93. The summed E-state index contributed by atoms with van der Waals surface area (Å²) in [5.74, 6) is 4.74. The van der Waals surface area contributed by atoms with Crippen molar-refractivity contribution in [2.45, 2.75) is 13.0 Å². The zero-order valence-corrected chi connectivity index (χ0v) is 14.9. The first-order valence-electron chi connectivity index (χ1n) is 7.52. The maximum absolute atomic E-state index is 11.6. The Morgan fingerprint density at radius 2 is 1.92 bits per heavy atom. The second-order valence-electron chi connectivity index (χ2n) is 5.04. The first-order valence-corrected chi connectivity index (χ1v) is 8.32. The topological polar surface area (TPSA) is 75.6 Å². The Labute approximate surface area is 154 Å². The van der Waals surface area contributed by atoms with Crippen LogP contribution in [0.2, 0.25) is 0 Å². The summed E-state index contributed by atoms with van der Waals surface area (Å²) in [4.78, 5) is 22.6. The summed E-state index contributed by atoms with van der Waals surface area (Å²) in [6.45, 7) is 0.568. The molecule has 5 nitrogen and oxygen atoms in total. The van der Waals surface area contributed by atoms with Gasteiger partial charge in [0.1, 0.15) is 6.61 Å². The lowest BCUT2D eigenvalue weighted by Gasteiger charge is -2.05. The lowest BCUT2D eigenvalue weighted by molar-refractivity contribution is 0.0695. The first kappa shape index (κ1) is 18.6. The molecule has 2 aromatic rings. The van der Waals surface area contributed by atoms with E-state index in [9.17, 15) is 9.59 Å². The quantitative estimate of drug-likeness (QED) is 0.589. The maximum atomic E-state index is 11.6. The molecule has 25 heavy (non-hydrogen) atoms. The van der Waals surface area contributed by atoms with Crippen molar-refractivity contribution in [3.8, 4) is 11.8 Å². The van der Waals surface area contributed by atoms with Crippen LogP contribution >= 0.6 is 15.9 Å². The number of carboxylic acids is 1. The number of halogens is 1. The molecule has 0 saturated heterocycles. The van der Waals surface area contributed by atoms with Crippen molar-refractivity contribution in [2.24, 2.45) is 0 Å². The number of carboxylic acid groups (broad SMARTS) is 1. The van der Waals surface area contributed by atoms with Gasteiger partial charge in [-0.15, -0.1) is 0 Å². The number of hydrogen-bond acceptors (Lipinski definition) is 3. The summed E-state index contributed by atoms with van der Waals surface area (Å²) in [6.07, 6.45) is -0.0683. The standard InChI is InChI=1S/C19H16BrNO4/c20-17-10-9-14(12-16(17)18(22)23)6-4-5-11-21-19(24)25-13-15-7-2-1-3-8-15/h1-3,7-10,12H,5,11,13H2,(H,21,24)(H,22,23). The highest BCUT2D eigenvalue weighted by atomic mass is 79.9. The number of benzene rings is 2. The van der Waals surface area contributed by atoms with Gasteiger partial charge in [0.2, 0.25) is 0 Å². The van der Waals surface area contributed by atoms with E-state index in [0.717, 1.165) is 5.56 Å². The van der Waals surface area contributed by atoms with E-state index in [4.69, 9.17) is 9.84 Å². The number of ether oxygens (including phenoxy) is 1. The van der Waals surface area contributed by atoms with E-state index >= 15 is 0 Å². The van der Waals surface area contributed by atoms with Crippen molar-refractivity contribution in [1.29, 1.82) is 0 Å². The molecule has 0 atom stereocenters. The molecule has 2 N–H and O–H groups in total. The van der Waals surface area contributed by atoms with Gasteiger partial charge in [-0.05, 0) is 39.7 Å². The monoisotopic (exact) mass is 401 g/mol. The summed E-state index contributed by atoms with van der Waals surface area (Å²) >= 11 is 3.18. The molecule has 0 aliphatic carbocycles. The fourth-order valence-corrected chi connectivity index (χ4v) is 2.35. The third-order valence-corrected chi connectivity index (χ3v) is 3.85. The van der Waals surface area contributed by atoms with Crippen molar-refractivity contribution in [3.05, 3.63) is 69.7 Å². The second-order valence-corrected chi connectivity index (χ2v) is 5.89. The molecular formula is C19H16BrNO4. The Morgan fingerprint density at radius 3 is 2.64 bits per heavy atom. The molecule has 0 aromatic heterocycles. The summed E-state index contributed by atoms with van der Waals surface area (Å²) in [6, 6.07) is 14.3. The number of alkyl carbamates (subject to hydrolysis) is 1. The van der Waals surface area contributed by atoms with Crippen molar-refractivity contribution < 1.29 is 19.4 Å². The third kappa shape index (κ3) is 6.32. The molecule has 0 bridgehead atoms. The molecule has 6 heteroatoms. The maximum Gasteiger partial charge on any atom is 0.407 e. The van der Waals surface area contributed by atoms with Crippen LogP contribution < -0.4 is 5.32 Å². The predicted octanol–water partition coefficient (Wildman–Crippen LogP) is 3.82. The van der Waals surface area contributed by atoms with Crippen molar-refractivity contribution in [1.82, 2.24) is 5.32 Å². The zero-order valence-electron chi connectivity index (χ0n) is 13.3. The van der Waals surface area contributed by atoms with Crippen LogP contribution in [0.3, 0.4) is 0 Å². The molecule has 0 unspecified atom stereocenters. The van der Waals surface area contributed by atoms with Crippen LogP contribution in [0.15, 0.2) is 53.0 Å². The number of nitrogens with one attached hydrogen (secondary N) is 1. The van der Waals surface area contributed by atoms with E-state index in [1.165, 1.54) is 6.07 Å². The Kier molecular flexibility index (Phi) is 7.05. The molecule has 0 radical (unpaired) electrons. The number of hydrogen-bond donors (Lipinski definition) is 2. The minimum atomic E-state index is -1.02. The molecule has 0 aliphatic heterocycles.